The van der Waals surface area contributed by atoms with Crippen LogP contribution in [0.4, 0.5) is 0 Å². The largest absolute Gasteiger partial charge is 0.360 e. The van der Waals surface area contributed by atoms with Gasteiger partial charge in [0.05, 0.1) is 17.8 Å². The molecule has 1 amide bonds. The lowest BCUT2D eigenvalue weighted by atomic mass is 10.1. The molecule has 0 aliphatic rings. The molecule has 0 fully saturated rings. The van der Waals surface area contributed by atoms with Crippen LogP contribution in [0.25, 0.3) is 21.5 Å². The van der Waals surface area contributed by atoms with E-state index in [9.17, 15) is 4.79 Å². The Bertz CT molecular complexity index is 1030. The number of carbonyl (C=O) groups is 1. The number of nitrogens with one attached hydrogen (secondary N) is 2. The van der Waals surface area contributed by atoms with Gasteiger partial charge in [0.15, 0.2) is 0 Å². The van der Waals surface area contributed by atoms with Crippen LogP contribution in [0.1, 0.15) is 20.9 Å². The summed E-state index contributed by atoms with van der Waals surface area (Å²) >= 11 is 1.62. The highest BCUT2D eigenvalue weighted by Gasteiger charge is 2.14. The molecule has 0 atom stereocenters. The lowest BCUT2D eigenvalue weighted by Gasteiger charge is -2.03. The fourth-order valence-corrected chi connectivity index (χ4v) is 3.82. The van der Waals surface area contributed by atoms with E-state index in [2.05, 4.69) is 15.3 Å². The first kappa shape index (κ1) is 15.6. The van der Waals surface area contributed by atoms with Gasteiger partial charge in [0, 0.05) is 27.5 Å². The van der Waals surface area contributed by atoms with E-state index in [0.29, 0.717) is 12.1 Å². The highest BCUT2D eigenvalue weighted by atomic mass is 32.1. The topological polar surface area (TPSA) is 57.8 Å². The van der Waals surface area contributed by atoms with Gasteiger partial charge >= 0.3 is 0 Å². The first-order valence-electron chi connectivity index (χ1n) is 8.08. The van der Waals surface area contributed by atoms with Gasteiger partial charge in [-0.1, -0.05) is 48.5 Å². The Morgan fingerprint density at radius 2 is 1.88 bits per heavy atom. The molecule has 0 radical (unpaired) electrons. The summed E-state index contributed by atoms with van der Waals surface area (Å²) in [5.74, 6) is -0.0773. The summed E-state index contributed by atoms with van der Waals surface area (Å²) in [6.45, 7) is 2.46. The molecule has 0 saturated heterocycles. The van der Waals surface area contributed by atoms with Crippen LogP contribution >= 0.6 is 11.3 Å². The molecule has 0 bridgehead atoms. The summed E-state index contributed by atoms with van der Waals surface area (Å²) in [4.78, 5) is 21.4. The van der Waals surface area contributed by atoms with E-state index >= 15 is 0 Å². The Hall–Kier alpha value is -2.92. The first-order chi connectivity index (χ1) is 12.2. The number of aryl methyl sites for hydroxylation is 1. The molecule has 4 aromatic rings. The Kier molecular flexibility index (Phi) is 4.07. The number of hydrogen-bond donors (Lipinski definition) is 2. The van der Waals surface area contributed by atoms with Crippen molar-refractivity contribution in [2.24, 2.45) is 0 Å². The highest BCUT2D eigenvalue weighted by molar-refractivity contribution is 7.15. The van der Waals surface area contributed by atoms with Crippen molar-refractivity contribution >= 4 is 28.1 Å². The number of benzene rings is 2. The van der Waals surface area contributed by atoms with E-state index in [1.807, 2.05) is 61.5 Å². The van der Waals surface area contributed by atoms with E-state index in [-0.39, 0.29) is 5.91 Å². The summed E-state index contributed by atoms with van der Waals surface area (Å²) in [7, 11) is 0. The van der Waals surface area contributed by atoms with Gasteiger partial charge in [-0.05, 0) is 13.0 Å². The third-order valence-electron chi connectivity index (χ3n) is 4.16. The highest BCUT2D eigenvalue weighted by Crippen LogP contribution is 2.27. The molecule has 5 heteroatoms. The fourth-order valence-electron chi connectivity index (χ4n) is 2.81. The van der Waals surface area contributed by atoms with Gasteiger partial charge in [0.2, 0.25) is 0 Å². The summed E-state index contributed by atoms with van der Waals surface area (Å²) in [5, 5.41) is 4.93. The van der Waals surface area contributed by atoms with Crippen LogP contribution in [0.15, 0.2) is 60.8 Å². The maximum Gasteiger partial charge on any atom is 0.253 e. The van der Waals surface area contributed by atoms with Crippen molar-refractivity contribution < 1.29 is 4.79 Å². The van der Waals surface area contributed by atoms with Crippen molar-refractivity contribution in [1.29, 1.82) is 0 Å². The quantitative estimate of drug-likeness (QED) is 0.570. The maximum atomic E-state index is 12.5. The van der Waals surface area contributed by atoms with Crippen molar-refractivity contribution in [3.8, 4) is 10.6 Å². The second-order valence-electron chi connectivity index (χ2n) is 5.82. The van der Waals surface area contributed by atoms with Crippen LogP contribution < -0.4 is 5.32 Å². The number of para-hydroxylation sites is 1. The predicted octanol–water partition coefficient (Wildman–Crippen LogP) is 4.53. The Morgan fingerprint density at radius 1 is 1.12 bits per heavy atom. The molecule has 0 aliphatic carbocycles. The van der Waals surface area contributed by atoms with Crippen LogP contribution in [0.3, 0.4) is 0 Å². The Morgan fingerprint density at radius 3 is 2.72 bits per heavy atom. The van der Waals surface area contributed by atoms with Gasteiger partial charge in [-0.3, -0.25) is 4.79 Å². The van der Waals surface area contributed by atoms with Crippen molar-refractivity contribution in [3.05, 3.63) is 76.9 Å². The number of rotatable bonds is 4. The van der Waals surface area contributed by atoms with Gasteiger partial charge in [-0.25, -0.2) is 4.98 Å². The van der Waals surface area contributed by atoms with E-state index in [1.54, 1.807) is 17.5 Å². The predicted molar refractivity (Wildman–Crippen MR) is 102 cm³/mol. The van der Waals surface area contributed by atoms with E-state index < -0.39 is 0 Å². The third kappa shape index (κ3) is 3.06. The number of aromatic amines is 1. The summed E-state index contributed by atoms with van der Waals surface area (Å²) in [5.41, 5.74) is 3.70. The van der Waals surface area contributed by atoms with Crippen LogP contribution in [-0.4, -0.2) is 15.9 Å². The zero-order valence-electron chi connectivity index (χ0n) is 13.7. The minimum atomic E-state index is -0.0773. The SMILES string of the molecule is Cc1nc(-c2ccccc2)sc1CNC(=O)c1c[nH]c2ccccc12. The second kappa shape index (κ2) is 6.53. The summed E-state index contributed by atoms with van der Waals surface area (Å²) < 4.78 is 0. The summed E-state index contributed by atoms with van der Waals surface area (Å²) in [6, 6.07) is 17.9. The Balaban J connectivity index is 1.52. The molecule has 0 unspecified atom stereocenters. The van der Waals surface area contributed by atoms with E-state index in [1.165, 1.54) is 0 Å². The number of amides is 1. The molecule has 2 heterocycles. The number of aromatic nitrogens is 2. The van der Waals surface area contributed by atoms with Gasteiger partial charge in [0.25, 0.3) is 5.91 Å². The second-order valence-corrected chi connectivity index (χ2v) is 6.91. The number of hydrogen-bond acceptors (Lipinski definition) is 3. The zero-order chi connectivity index (χ0) is 17.2. The monoisotopic (exact) mass is 347 g/mol. The minimum Gasteiger partial charge on any atom is -0.360 e. The van der Waals surface area contributed by atoms with Gasteiger partial charge < -0.3 is 10.3 Å². The van der Waals surface area contributed by atoms with E-state index in [0.717, 1.165) is 32.0 Å². The van der Waals surface area contributed by atoms with Gasteiger partial charge in [-0.2, -0.15) is 0 Å². The molecule has 0 aliphatic heterocycles. The molecular formula is C20H17N3OS. The fraction of sp³-hybridized carbons (Fsp3) is 0.100. The molecule has 25 heavy (non-hydrogen) atoms. The van der Waals surface area contributed by atoms with Crippen LogP contribution in [-0.2, 0) is 6.54 Å². The number of carbonyl (C=O) groups excluding carboxylic acids is 1. The molecule has 2 aromatic carbocycles. The van der Waals surface area contributed by atoms with Crippen molar-refractivity contribution in [3.63, 3.8) is 0 Å². The maximum absolute atomic E-state index is 12.5. The van der Waals surface area contributed by atoms with Gasteiger partial charge in [-0.15, -0.1) is 11.3 Å². The van der Waals surface area contributed by atoms with Gasteiger partial charge in [0.1, 0.15) is 5.01 Å². The Labute approximate surface area is 149 Å². The average Bonchev–Trinajstić information content (AvgIpc) is 3.24. The molecule has 2 aromatic heterocycles. The molecular weight excluding hydrogens is 330 g/mol. The van der Waals surface area contributed by atoms with Crippen molar-refractivity contribution in [1.82, 2.24) is 15.3 Å². The molecule has 124 valence electrons. The zero-order valence-corrected chi connectivity index (χ0v) is 14.6. The van der Waals surface area contributed by atoms with Crippen molar-refractivity contribution in [2.45, 2.75) is 13.5 Å². The van der Waals surface area contributed by atoms with Crippen LogP contribution in [0.5, 0.6) is 0 Å². The number of fused-ring (bicyclic) bond motifs is 1. The molecule has 2 N–H and O–H groups in total. The summed E-state index contributed by atoms with van der Waals surface area (Å²) in [6.07, 6.45) is 1.76. The third-order valence-corrected chi connectivity index (χ3v) is 5.36. The molecule has 0 spiro atoms. The van der Waals surface area contributed by atoms with E-state index in [4.69, 9.17) is 0 Å². The molecule has 0 saturated carbocycles. The minimum absolute atomic E-state index is 0.0773. The number of nitrogens with zero attached hydrogens (tertiary/aromatic N) is 1. The van der Waals surface area contributed by atoms with Crippen molar-refractivity contribution in [2.75, 3.05) is 0 Å². The van der Waals surface area contributed by atoms with Crippen LogP contribution in [0.2, 0.25) is 0 Å². The average molecular weight is 347 g/mol. The van der Waals surface area contributed by atoms with Crippen LogP contribution in [0, 0.1) is 6.92 Å². The normalized spacial score (nSPS) is 10.9. The standard InChI is InChI=1S/C20H17N3OS/c1-13-18(25-20(23-13)14-7-3-2-4-8-14)12-22-19(24)16-11-21-17-10-6-5-9-15(16)17/h2-11,21H,12H2,1H3,(H,22,24). The molecule has 4 nitrogen and oxygen atoms in total. The lowest BCUT2D eigenvalue weighted by Crippen LogP contribution is -2.22. The number of thiazole rings is 1. The lowest BCUT2D eigenvalue weighted by molar-refractivity contribution is 0.0953. The molecule has 4 rings (SSSR count). The first-order valence-corrected chi connectivity index (χ1v) is 8.90. The smallest absolute Gasteiger partial charge is 0.253 e. The number of H-pyrrole nitrogens is 1.